The number of anilines is 6. The monoisotopic (exact) mass is 544 g/mol. The summed E-state index contributed by atoms with van der Waals surface area (Å²) in [6, 6.07) is 51.1. The third kappa shape index (κ3) is 4.06. The van der Waals surface area contributed by atoms with Crippen molar-refractivity contribution in [1.82, 2.24) is 9.36 Å². The Labute approximate surface area is 242 Å². The van der Waals surface area contributed by atoms with Crippen molar-refractivity contribution < 1.29 is 0 Å². The lowest BCUT2D eigenvalue weighted by molar-refractivity contribution is 1.17. The van der Waals surface area contributed by atoms with Crippen molar-refractivity contribution in [1.29, 1.82) is 0 Å². The molecule has 194 valence electrons. The van der Waals surface area contributed by atoms with Crippen molar-refractivity contribution in [2.24, 2.45) is 0 Å². The molecule has 0 bridgehead atoms. The van der Waals surface area contributed by atoms with Gasteiger partial charge in [-0.15, -0.1) is 0 Å². The van der Waals surface area contributed by atoms with Crippen LogP contribution in [0.5, 0.6) is 0 Å². The molecule has 0 N–H and O–H groups in total. The normalized spacial score (nSPS) is 12.3. The van der Waals surface area contributed by atoms with Gasteiger partial charge < -0.3 is 9.80 Å². The Bertz CT molecular complexity index is 1980. The van der Waals surface area contributed by atoms with Gasteiger partial charge >= 0.3 is 0 Å². The number of hydrogen-bond donors (Lipinski definition) is 0. The lowest BCUT2D eigenvalue weighted by atomic mass is 10.0. The summed E-state index contributed by atoms with van der Waals surface area (Å²) in [5.74, 6) is 0.740. The number of rotatable bonds is 4. The molecule has 0 spiro atoms. The fourth-order valence-electron chi connectivity index (χ4n) is 5.64. The van der Waals surface area contributed by atoms with Gasteiger partial charge in [-0.05, 0) is 76.9 Å². The average molecular weight is 545 g/mol. The van der Waals surface area contributed by atoms with Crippen LogP contribution in [0.15, 0.2) is 146 Å². The maximum absolute atomic E-state index is 4.96. The van der Waals surface area contributed by atoms with E-state index in [1.807, 2.05) is 0 Å². The smallest absolute Gasteiger partial charge is 0.173 e. The molecular formula is C36H24N4S. The van der Waals surface area contributed by atoms with E-state index in [0.29, 0.717) is 0 Å². The van der Waals surface area contributed by atoms with Crippen LogP contribution in [0.4, 0.5) is 34.1 Å². The van der Waals surface area contributed by atoms with Crippen molar-refractivity contribution in [3.8, 4) is 22.0 Å². The van der Waals surface area contributed by atoms with Crippen molar-refractivity contribution >= 4 is 56.4 Å². The summed E-state index contributed by atoms with van der Waals surface area (Å²) in [6.07, 6.45) is 0. The molecule has 0 fully saturated rings. The number of benzene rings is 6. The molecule has 1 aromatic heterocycles. The van der Waals surface area contributed by atoms with Crippen molar-refractivity contribution in [3.63, 3.8) is 0 Å². The highest BCUT2D eigenvalue weighted by Gasteiger charge is 2.30. The van der Waals surface area contributed by atoms with Crippen molar-refractivity contribution in [2.75, 3.05) is 9.80 Å². The van der Waals surface area contributed by atoms with Crippen LogP contribution >= 0.6 is 11.5 Å². The Morgan fingerprint density at radius 2 is 1.02 bits per heavy atom. The molecule has 1 aliphatic rings. The summed E-state index contributed by atoms with van der Waals surface area (Å²) < 4.78 is 4.77. The second kappa shape index (κ2) is 9.73. The average Bonchev–Trinajstić information content (AvgIpc) is 3.54. The number of para-hydroxylation sites is 5. The van der Waals surface area contributed by atoms with Gasteiger partial charge in [-0.2, -0.15) is 4.37 Å². The molecule has 8 rings (SSSR count). The standard InChI is InChI=1S/C36H24N4S/c1-2-14-29(15-3-1)39-31-17-6-8-19-33(31)40(34-20-9-7-18-32(34)39)30-16-10-13-27(24-30)35-37-36(41-38-35)28-22-21-25-11-4-5-12-26(25)23-28/h1-24H. The van der Waals surface area contributed by atoms with Crippen LogP contribution in [-0.2, 0) is 0 Å². The highest BCUT2D eigenvalue weighted by atomic mass is 32.1. The van der Waals surface area contributed by atoms with E-state index in [0.717, 1.165) is 56.1 Å². The predicted molar refractivity (Wildman–Crippen MR) is 171 cm³/mol. The number of hydrogen-bond acceptors (Lipinski definition) is 5. The van der Waals surface area contributed by atoms with E-state index in [2.05, 4.69) is 155 Å². The molecule has 0 unspecified atom stereocenters. The van der Waals surface area contributed by atoms with Gasteiger partial charge in [-0.1, -0.05) is 91.0 Å². The third-order valence-corrected chi connectivity index (χ3v) is 8.29. The maximum Gasteiger partial charge on any atom is 0.173 e. The Kier molecular flexibility index (Phi) is 5.61. The summed E-state index contributed by atoms with van der Waals surface area (Å²) in [7, 11) is 0. The zero-order chi connectivity index (χ0) is 27.2. The van der Waals surface area contributed by atoms with Crippen molar-refractivity contribution in [3.05, 3.63) is 146 Å². The molecule has 6 aromatic carbocycles. The van der Waals surface area contributed by atoms with E-state index >= 15 is 0 Å². The molecule has 0 amide bonds. The second-order valence-electron chi connectivity index (χ2n) is 10.0. The van der Waals surface area contributed by atoms with Gasteiger partial charge in [0, 0.05) is 22.5 Å². The summed E-state index contributed by atoms with van der Waals surface area (Å²) >= 11 is 1.44. The lowest BCUT2D eigenvalue weighted by Gasteiger charge is -2.40. The van der Waals surface area contributed by atoms with Crippen LogP contribution in [0, 0.1) is 0 Å². The molecular weight excluding hydrogens is 520 g/mol. The van der Waals surface area contributed by atoms with Gasteiger partial charge in [0.1, 0.15) is 5.01 Å². The summed E-state index contributed by atoms with van der Waals surface area (Å²) in [6.45, 7) is 0. The minimum atomic E-state index is 0.740. The lowest BCUT2D eigenvalue weighted by Crippen LogP contribution is -2.23. The number of nitrogens with zero attached hydrogens (tertiary/aromatic N) is 4. The molecule has 0 aliphatic carbocycles. The van der Waals surface area contributed by atoms with Crippen LogP contribution in [0.3, 0.4) is 0 Å². The first-order valence-electron chi connectivity index (χ1n) is 13.6. The molecule has 41 heavy (non-hydrogen) atoms. The van der Waals surface area contributed by atoms with Crippen LogP contribution in [-0.4, -0.2) is 9.36 Å². The van der Waals surface area contributed by atoms with E-state index in [9.17, 15) is 0 Å². The first-order valence-corrected chi connectivity index (χ1v) is 14.4. The van der Waals surface area contributed by atoms with Gasteiger partial charge in [0.05, 0.1) is 22.7 Å². The van der Waals surface area contributed by atoms with Gasteiger partial charge in [-0.3, -0.25) is 0 Å². The maximum atomic E-state index is 4.96. The highest BCUT2D eigenvalue weighted by molar-refractivity contribution is 7.09. The van der Waals surface area contributed by atoms with Crippen molar-refractivity contribution in [2.45, 2.75) is 0 Å². The molecule has 7 aromatic rings. The molecule has 1 aliphatic heterocycles. The Hall–Kier alpha value is -5.26. The Morgan fingerprint density at radius 1 is 0.439 bits per heavy atom. The van der Waals surface area contributed by atoms with Gasteiger partial charge in [-0.25, -0.2) is 4.98 Å². The minimum Gasteiger partial charge on any atom is -0.306 e. The molecule has 5 heteroatoms. The summed E-state index contributed by atoms with van der Waals surface area (Å²) in [4.78, 5) is 9.64. The topological polar surface area (TPSA) is 32.3 Å². The SMILES string of the molecule is c1ccc(N2c3ccccc3N(c3cccc(-c4nsc(-c5ccc6ccccc6c5)n4)c3)c3ccccc32)cc1. The molecule has 0 atom stereocenters. The van der Waals surface area contributed by atoms with E-state index in [1.54, 1.807) is 0 Å². The second-order valence-corrected chi connectivity index (χ2v) is 10.8. The first-order chi connectivity index (χ1) is 20.3. The van der Waals surface area contributed by atoms with E-state index in [-0.39, 0.29) is 0 Å². The minimum absolute atomic E-state index is 0.740. The van der Waals surface area contributed by atoms with E-state index in [4.69, 9.17) is 9.36 Å². The molecule has 2 heterocycles. The van der Waals surface area contributed by atoms with Crippen LogP contribution in [0.2, 0.25) is 0 Å². The Morgan fingerprint density at radius 3 is 1.73 bits per heavy atom. The summed E-state index contributed by atoms with van der Waals surface area (Å²) in [5, 5.41) is 3.35. The number of aromatic nitrogens is 2. The summed E-state index contributed by atoms with van der Waals surface area (Å²) in [5.41, 5.74) is 8.78. The fourth-order valence-corrected chi connectivity index (χ4v) is 6.32. The zero-order valence-corrected chi connectivity index (χ0v) is 22.9. The van der Waals surface area contributed by atoms with Crippen LogP contribution in [0.25, 0.3) is 32.7 Å². The predicted octanol–water partition coefficient (Wildman–Crippen LogP) is 10.3. The van der Waals surface area contributed by atoms with Crippen LogP contribution < -0.4 is 9.80 Å². The fraction of sp³-hybridized carbons (Fsp3) is 0. The molecule has 0 saturated heterocycles. The van der Waals surface area contributed by atoms with Gasteiger partial charge in [0.25, 0.3) is 0 Å². The largest absolute Gasteiger partial charge is 0.306 e. The molecule has 0 saturated carbocycles. The Balaban J connectivity index is 1.21. The molecule has 4 nitrogen and oxygen atoms in total. The number of fused-ring (bicyclic) bond motifs is 3. The first kappa shape index (κ1) is 23.6. The van der Waals surface area contributed by atoms with Crippen LogP contribution in [0.1, 0.15) is 0 Å². The molecule has 0 radical (unpaired) electrons. The van der Waals surface area contributed by atoms with Gasteiger partial charge in [0.15, 0.2) is 5.82 Å². The zero-order valence-electron chi connectivity index (χ0n) is 22.1. The third-order valence-electron chi connectivity index (χ3n) is 7.53. The quantitative estimate of drug-likeness (QED) is 0.221. The highest BCUT2D eigenvalue weighted by Crippen LogP contribution is 2.54. The van der Waals surface area contributed by atoms with E-state index < -0.39 is 0 Å². The van der Waals surface area contributed by atoms with Gasteiger partial charge in [0.2, 0.25) is 0 Å². The van der Waals surface area contributed by atoms with E-state index in [1.165, 1.54) is 22.3 Å².